The number of amides is 1. The highest BCUT2D eigenvalue weighted by Gasteiger charge is 2.41. The highest BCUT2D eigenvalue weighted by molar-refractivity contribution is 5.82. The molecule has 2 atom stereocenters. The van der Waals surface area contributed by atoms with Crippen molar-refractivity contribution in [3.63, 3.8) is 0 Å². The number of pyridine rings is 1. The van der Waals surface area contributed by atoms with Crippen LogP contribution in [0.5, 0.6) is 5.75 Å². The summed E-state index contributed by atoms with van der Waals surface area (Å²) in [6.45, 7) is 4.87. The number of piperazine rings is 1. The Kier molecular flexibility index (Phi) is 7.05. The van der Waals surface area contributed by atoms with Crippen molar-refractivity contribution in [2.45, 2.75) is 18.9 Å². The summed E-state index contributed by atoms with van der Waals surface area (Å²) in [4.78, 5) is 22.6. The molecule has 6 heteroatoms. The Hall–Kier alpha value is -3.38. The molecule has 0 spiro atoms. The van der Waals surface area contributed by atoms with E-state index in [0.29, 0.717) is 13.2 Å². The van der Waals surface area contributed by atoms with Crippen molar-refractivity contribution in [1.82, 2.24) is 15.2 Å². The van der Waals surface area contributed by atoms with Crippen molar-refractivity contribution in [2.24, 2.45) is 5.92 Å². The minimum atomic E-state index is -0.0727. The second-order valence-corrected chi connectivity index (χ2v) is 9.02. The Morgan fingerprint density at radius 1 is 1.00 bits per heavy atom. The fourth-order valence-electron chi connectivity index (χ4n) is 5.12. The van der Waals surface area contributed by atoms with Gasteiger partial charge in [-0.25, -0.2) is 0 Å². The molecule has 6 nitrogen and oxygen atoms in total. The zero-order valence-electron chi connectivity index (χ0n) is 19.5. The van der Waals surface area contributed by atoms with E-state index < -0.39 is 0 Å². The van der Waals surface area contributed by atoms with Gasteiger partial charge in [0.25, 0.3) is 0 Å². The Morgan fingerprint density at radius 2 is 1.82 bits per heavy atom. The fraction of sp³-hybridized carbons (Fsp3) is 0.357. The second-order valence-electron chi connectivity index (χ2n) is 9.02. The molecule has 34 heavy (non-hydrogen) atoms. The molecule has 0 bridgehead atoms. The zero-order valence-corrected chi connectivity index (χ0v) is 19.5. The largest absolute Gasteiger partial charge is 0.492 e. The van der Waals surface area contributed by atoms with Crippen molar-refractivity contribution in [3.8, 4) is 5.75 Å². The van der Waals surface area contributed by atoms with E-state index >= 15 is 0 Å². The number of para-hydroxylation sites is 2. The fourth-order valence-corrected chi connectivity index (χ4v) is 5.12. The summed E-state index contributed by atoms with van der Waals surface area (Å²) in [6, 6.07) is 24.6. The Labute approximate surface area is 201 Å². The van der Waals surface area contributed by atoms with Crippen molar-refractivity contribution in [2.75, 3.05) is 44.2 Å². The van der Waals surface area contributed by atoms with Gasteiger partial charge in [0.2, 0.25) is 5.91 Å². The first-order valence-electron chi connectivity index (χ1n) is 12.2. The maximum atomic E-state index is 13.4. The Balaban J connectivity index is 1.23. The normalized spacial score (nSPS) is 19.7. The van der Waals surface area contributed by atoms with Crippen LogP contribution in [0, 0.1) is 5.92 Å². The highest BCUT2D eigenvalue weighted by atomic mass is 16.5. The lowest BCUT2D eigenvalue weighted by atomic mass is 9.83. The number of benzene rings is 2. The molecule has 2 unspecified atom stereocenters. The summed E-state index contributed by atoms with van der Waals surface area (Å²) >= 11 is 0. The summed E-state index contributed by atoms with van der Waals surface area (Å²) in [5.74, 6) is 0.970. The maximum Gasteiger partial charge on any atom is 0.225 e. The van der Waals surface area contributed by atoms with Crippen LogP contribution in [0.4, 0.5) is 5.69 Å². The molecule has 1 saturated heterocycles. The van der Waals surface area contributed by atoms with Crippen LogP contribution in [0.3, 0.4) is 0 Å². The van der Waals surface area contributed by atoms with Gasteiger partial charge in [-0.2, -0.15) is 0 Å². The number of rotatable bonds is 8. The van der Waals surface area contributed by atoms with Crippen LogP contribution in [0.15, 0.2) is 79.0 Å². The minimum Gasteiger partial charge on any atom is -0.492 e. The highest BCUT2D eigenvalue weighted by Crippen LogP contribution is 2.35. The van der Waals surface area contributed by atoms with Gasteiger partial charge in [0.05, 0.1) is 12.0 Å². The standard InChI is InChI=1S/C28H32N4O2/c33-28(30-15-13-23-9-6-7-14-29-23)25-20-22-8-4-5-12-26(22)32-17-16-31(21-27(25)32)18-19-34-24-10-2-1-3-11-24/h1-12,14,25,27H,13,15-21H2,(H,30,33). The Bertz CT molecular complexity index is 1080. The molecule has 2 aliphatic rings. The second kappa shape index (κ2) is 10.7. The topological polar surface area (TPSA) is 57.7 Å². The van der Waals surface area contributed by atoms with Crippen LogP contribution in [-0.2, 0) is 17.6 Å². The zero-order chi connectivity index (χ0) is 23.2. The number of fused-ring (bicyclic) bond motifs is 3. The van der Waals surface area contributed by atoms with Gasteiger partial charge in [0, 0.05) is 56.7 Å². The summed E-state index contributed by atoms with van der Waals surface area (Å²) in [6.07, 6.45) is 3.32. The van der Waals surface area contributed by atoms with E-state index in [4.69, 9.17) is 4.74 Å². The molecule has 5 rings (SSSR count). The number of hydrogen-bond acceptors (Lipinski definition) is 5. The van der Waals surface area contributed by atoms with E-state index in [-0.39, 0.29) is 17.9 Å². The lowest BCUT2D eigenvalue weighted by Gasteiger charge is -2.49. The monoisotopic (exact) mass is 456 g/mol. The number of ether oxygens (including phenoxy) is 1. The molecule has 2 aromatic carbocycles. The van der Waals surface area contributed by atoms with E-state index in [1.165, 1.54) is 11.3 Å². The van der Waals surface area contributed by atoms with E-state index in [2.05, 4.69) is 44.4 Å². The molecule has 1 N–H and O–H groups in total. The molecule has 1 fully saturated rings. The van der Waals surface area contributed by atoms with Crippen molar-refractivity contribution < 1.29 is 9.53 Å². The molecule has 176 valence electrons. The molecular formula is C28H32N4O2. The SMILES string of the molecule is O=C(NCCc1ccccn1)C1Cc2ccccc2N2CCN(CCOc3ccccc3)CC12. The number of carbonyl (C=O) groups is 1. The third kappa shape index (κ3) is 5.23. The van der Waals surface area contributed by atoms with Crippen LogP contribution >= 0.6 is 0 Å². The first-order valence-corrected chi connectivity index (χ1v) is 12.2. The minimum absolute atomic E-state index is 0.0727. The van der Waals surface area contributed by atoms with Crippen LogP contribution in [0.25, 0.3) is 0 Å². The predicted molar refractivity (Wildman–Crippen MR) is 134 cm³/mol. The van der Waals surface area contributed by atoms with Gasteiger partial charge in [-0.15, -0.1) is 0 Å². The number of nitrogens with zero attached hydrogens (tertiary/aromatic N) is 3. The van der Waals surface area contributed by atoms with Gasteiger partial charge in [0.1, 0.15) is 12.4 Å². The van der Waals surface area contributed by atoms with Gasteiger partial charge >= 0.3 is 0 Å². The molecule has 2 aliphatic heterocycles. The molecule has 0 radical (unpaired) electrons. The number of nitrogens with one attached hydrogen (secondary N) is 1. The average Bonchev–Trinajstić information content (AvgIpc) is 2.89. The third-order valence-electron chi connectivity index (χ3n) is 6.87. The van der Waals surface area contributed by atoms with Crippen LogP contribution in [-0.4, -0.2) is 61.2 Å². The van der Waals surface area contributed by atoms with E-state index in [9.17, 15) is 4.79 Å². The quantitative estimate of drug-likeness (QED) is 0.564. The Morgan fingerprint density at radius 3 is 2.68 bits per heavy atom. The van der Waals surface area contributed by atoms with Gasteiger partial charge in [-0.1, -0.05) is 42.5 Å². The van der Waals surface area contributed by atoms with Gasteiger partial charge in [0.15, 0.2) is 0 Å². The molecule has 3 heterocycles. The van der Waals surface area contributed by atoms with Crippen LogP contribution < -0.4 is 15.0 Å². The summed E-state index contributed by atoms with van der Waals surface area (Å²) in [5, 5.41) is 3.20. The number of carbonyl (C=O) groups excluding carboxylic acids is 1. The molecule has 1 aromatic heterocycles. The molecule has 0 aliphatic carbocycles. The molecule has 3 aromatic rings. The lowest BCUT2D eigenvalue weighted by Crippen LogP contribution is -2.61. The number of hydrogen-bond donors (Lipinski definition) is 1. The lowest BCUT2D eigenvalue weighted by molar-refractivity contribution is -0.126. The van der Waals surface area contributed by atoms with Crippen LogP contribution in [0.1, 0.15) is 11.3 Å². The van der Waals surface area contributed by atoms with Crippen LogP contribution in [0.2, 0.25) is 0 Å². The van der Waals surface area contributed by atoms with Gasteiger partial charge in [-0.3, -0.25) is 14.7 Å². The van der Waals surface area contributed by atoms with Crippen molar-refractivity contribution in [1.29, 1.82) is 0 Å². The molecular weight excluding hydrogens is 424 g/mol. The van der Waals surface area contributed by atoms with Gasteiger partial charge < -0.3 is 15.0 Å². The number of aromatic nitrogens is 1. The van der Waals surface area contributed by atoms with Gasteiger partial charge in [-0.05, 0) is 42.3 Å². The van der Waals surface area contributed by atoms with E-state index in [0.717, 1.165) is 50.5 Å². The predicted octanol–water partition coefficient (Wildman–Crippen LogP) is 3.18. The first kappa shape index (κ1) is 22.4. The van der Waals surface area contributed by atoms with Crippen molar-refractivity contribution >= 4 is 11.6 Å². The average molecular weight is 457 g/mol. The van der Waals surface area contributed by atoms with E-state index in [1.807, 2.05) is 48.5 Å². The van der Waals surface area contributed by atoms with Crippen molar-refractivity contribution in [3.05, 3.63) is 90.3 Å². The summed E-state index contributed by atoms with van der Waals surface area (Å²) < 4.78 is 5.93. The van der Waals surface area contributed by atoms with E-state index in [1.54, 1.807) is 6.20 Å². The smallest absolute Gasteiger partial charge is 0.225 e. The number of anilines is 1. The molecule has 0 saturated carbocycles. The first-order chi connectivity index (χ1) is 16.8. The summed E-state index contributed by atoms with van der Waals surface area (Å²) in [7, 11) is 0. The summed E-state index contributed by atoms with van der Waals surface area (Å²) in [5.41, 5.74) is 3.55. The maximum absolute atomic E-state index is 13.4. The molecule has 1 amide bonds. The third-order valence-corrected chi connectivity index (χ3v) is 6.87.